The molecule has 0 rings (SSSR count). The molecule has 0 saturated heterocycles. The lowest BCUT2D eigenvalue weighted by atomic mass is 9.93. The molecule has 0 aromatic rings. The monoisotopic (exact) mass is 290 g/mol. The van der Waals surface area contributed by atoms with Crippen molar-refractivity contribution in [2.75, 3.05) is 26.4 Å². The van der Waals surface area contributed by atoms with Gasteiger partial charge in [-0.1, -0.05) is 45.4 Å². The molecule has 120 valence electrons. The summed E-state index contributed by atoms with van der Waals surface area (Å²) < 4.78 is 5.01. The minimum atomic E-state index is -1.13. The standard InChI is InChI=1S/C15H30O5/c1-2-3-4-5-6-7-8-9-14(19)20-13-15(10-16,11-17)12-18/h16-18H,2-13H2,1H3. The Hall–Kier alpha value is -0.650. The predicted octanol–water partition coefficient (Wildman–Crippen LogP) is 1.63. The summed E-state index contributed by atoms with van der Waals surface area (Å²) in [6.45, 7) is 0.799. The number of esters is 1. The molecule has 0 aliphatic heterocycles. The van der Waals surface area contributed by atoms with Gasteiger partial charge in [0.2, 0.25) is 0 Å². The fourth-order valence-electron chi connectivity index (χ4n) is 1.82. The summed E-state index contributed by atoms with van der Waals surface area (Å²) in [7, 11) is 0. The van der Waals surface area contributed by atoms with Crippen LogP contribution in [-0.2, 0) is 9.53 Å². The number of aliphatic hydroxyl groups excluding tert-OH is 3. The first-order valence-electron chi connectivity index (χ1n) is 7.62. The minimum Gasteiger partial charge on any atom is -0.465 e. The van der Waals surface area contributed by atoms with Crippen molar-refractivity contribution in [3.05, 3.63) is 0 Å². The molecule has 5 heteroatoms. The SMILES string of the molecule is CCCCCCCCCC(=O)OCC(CO)(CO)CO. The molecule has 0 heterocycles. The average Bonchev–Trinajstić information content (AvgIpc) is 2.48. The second-order valence-electron chi connectivity index (χ2n) is 5.51. The number of hydrogen-bond donors (Lipinski definition) is 3. The van der Waals surface area contributed by atoms with Crippen LogP contribution in [0.25, 0.3) is 0 Å². The summed E-state index contributed by atoms with van der Waals surface area (Å²) in [4.78, 5) is 11.5. The average molecular weight is 290 g/mol. The number of ether oxygens (including phenoxy) is 1. The molecule has 0 saturated carbocycles. The molecule has 0 atom stereocenters. The van der Waals surface area contributed by atoms with Crippen molar-refractivity contribution in [2.24, 2.45) is 5.41 Å². The summed E-state index contributed by atoms with van der Waals surface area (Å²) in [6, 6.07) is 0. The Balaban J connectivity index is 3.63. The van der Waals surface area contributed by atoms with Crippen LogP contribution in [-0.4, -0.2) is 47.7 Å². The first-order valence-corrected chi connectivity index (χ1v) is 7.62. The van der Waals surface area contributed by atoms with Crippen molar-refractivity contribution in [1.29, 1.82) is 0 Å². The van der Waals surface area contributed by atoms with E-state index in [0.29, 0.717) is 6.42 Å². The number of carbonyl (C=O) groups is 1. The molecule has 0 aliphatic rings. The van der Waals surface area contributed by atoms with E-state index < -0.39 is 25.2 Å². The summed E-state index contributed by atoms with van der Waals surface area (Å²) in [5, 5.41) is 27.3. The summed E-state index contributed by atoms with van der Waals surface area (Å²) in [6.07, 6.45) is 8.29. The molecule has 3 N–H and O–H groups in total. The van der Waals surface area contributed by atoms with E-state index in [1.165, 1.54) is 25.7 Å². The van der Waals surface area contributed by atoms with Crippen LogP contribution in [0.1, 0.15) is 58.3 Å². The number of carbonyl (C=O) groups excluding carboxylic acids is 1. The Labute approximate surface area is 122 Å². The third kappa shape index (κ3) is 8.51. The molecule has 0 aliphatic carbocycles. The fourth-order valence-corrected chi connectivity index (χ4v) is 1.82. The van der Waals surface area contributed by atoms with Crippen molar-refractivity contribution in [3.8, 4) is 0 Å². The Bertz CT molecular complexity index is 230. The van der Waals surface area contributed by atoms with Crippen LogP contribution in [0.2, 0.25) is 0 Å². The van der Waals surface area contributed by atoms with Gasteiger partial charge in [-0.15, -0.1) is 0 Å². The van der Waals surface area contributed by atoms with E-state index in [9.17, 15) is 4.79 Å². The zero-order valence-electron chi connectivity index (χ0n) is 12.6. The van der Waals surface area contributed by atoms with Gasteiger partial charge in [-0.25, -0.2) is 0 Å². The molecule has 5 nitrogen and oxygen atoms in total. The summed E-state index contributed by atoms with van der Waals surface area (Å²) in [5.41, 5.74) is -1.13. The maximum Gasteiger partial charge on any atom is 0.305 e. The van der Waals surface area contributed by atoms with Crippen LogP contribution in [0.5, 0.6) is 0 Å². The van der Waals surface area contributed by atoms with Gasteiger partial charge >= 0.3 is 5.97 Å². The van der Waals surface area contributed by atoms with Crippen molar-refractivity contribution >= 4 is 5.97 Å². The van der Waals surface area contributed by atoms with Gasteiger partial charge in [0.1, 0.15) is 6.61 Å². The predicted molar refractivity (Wildman–Crippen MR) is 77.3 cm³/mol. The molecule has 0 fully saturated rings. The van der Waals surface area contributed by atoms with Gasteiger partial charge in [0, 0.05) is 6.42 Å². The Morgan fingerprint density at radius 3 is 1.90 bits per heavy atom. The van der Waals surface area contributed by atoms with Gasteiger partial charge in [0.25, 0.3) is 0 Å². The van der Waals surface area contributed by atoms with E-state index in [1.54, 1.807) is 0 Å². The molecule has 0 spiro atoms. The molecular weight excluding hydrogens is 260 g/mol. The van der Waals surface area contributed by atoms with Crippen molar-refractivity contribution in [2.45, 2.75) is 58.3 Å². The topological polar surface area (TPSA) is 87.0 Å². The van der Waals surface area contributed by atoms with Gasteiger partial charge in [-0.2, -0.15) is 0 Å². The van der Waals surface area contributed by atoms with Gasteiger partial charge in [0.15, 0.2) is 0 Å². The largest absolute Gasteiger partial charge is 0.465 e. The number of aliphatic hydroxyl groups is 3. The zero-order valence-corrected chi connectivity index (χ0v) is 12.6. The maximum absolute atomic E-state index is 11.5. The van der Waals surface area contributed by atoms with E-state index in [-0.39, 0.29) is 12.6 Å². The highest BCUT2D eigenvalue weighted by Crippen LogP contribution is 2.16. The van der Waals surface area contributed by atoms with E-state index in [0.717, 1.165) is 19.3 Å². The Morgan fingerprint density at radius 2 is 1.40 bits per heavy atom. The van der Waals surface area contributed by atoms with E-state index >= 15 is 0 Å². The van der Waals surface area contributed by atoms with E-state index in [4.69, 9.17) is 20.1 Å². The normalized spacial score (nSPS) is 11.6. The van der Waals surface area contributed by atoms with E-state index in [2.05, 4.69) is 6.92 Å². The molecule has 0 unspecified atom stereocenters. The molecule has 0 radical (unpaired) electrons. The highest BCUT2D eigenvalue weighted by Gasteiger charge is 2.29. The van der Waals surface area contributed by atoms with Gasteiger partial charge in [0.05, 0.1) is 25.2 Å². The molecule has 20 heavy (non-hydrogen) atoms. The highest BCUT2D eigenvalue weighted by atomic mass is 16.5. The van der Waals surface area contributed by atoms with Gasteiger partial charge in [-0.05, 0) is 6.42 Å². The van der Waals surface area contributed by atoms with Crippen LogP contribution in [0, 0.1) is 5.41 Å². The van der Waals surface area contributed by atoms with Crippen LogP contribution in [0.15, 0.2) is 0 Å². The summed E-state index contributed by atoms with van der Waals surface area (Å²) in [5.74, 6) is -0.335. The number of rotatable bonds is 13. The Kier molecular flexibility index (Phi) is 11.7. The van der Waals surface area contributed by atoms with Crippen molar-refractivity contribution in [1.82, 2.24) is 0 Å². The van der Waals surface area contributed by atoms with Crippen LogP contribution in [0.4, 0.5) is 0 Å². The first kappa shape index (κ1) is 19.4. The fraction of sp³-hybridized carbons (Fsp3) is 0.933. The number of unbranched alkanes of at least 4 members (excludes halogenated alkanes) is 6. The quantitative estimate of drug-likeness (QED) is 0.354. The Morgan fingerprint density at radius 1 is 0.900 bits per heavy atom. The second kappa shape index (κ2) is 12.1. The van der Waals surface area contributed by atoms with Gasteiger partial charge < -0.3 is 20.1 Å². The number of hydrogen-bond acceptors (Lipinski definition) is 5. The molecule has 0 bridgehead atoms. The molecule has 0 aromatic carbocycles. The van der Waals surface area contributed by atoms with Crippen LogP contribution < -0.4 is 0 Å². The lowest BCUT2D eigenvalue weighted by Gasteiger charge is -2.26. The maximum atomic E-state index is 11.5. The lowest BCUT2D eigenvalue weighted by molar-refractivity contribution is -0.151. The van der Waals surface area contributed by atoms with Crippen LogP contribution >= 0.6 is 0 Å². The smallest absolute Gasteiger partial charge is 0.305 e. The molecular formula is C15H30O5. The zero-order chi connectivity index (χ0) is 15.3. The van der Waals surface area contributed by atoms with Crippen molar-refractivity contribution in [3.63, 3.8) is 0 Å². The summed E-state index contributed by atoms with van der Waals surface area (Å²) >= 11 is 0. The third-order valence-corrected chi connectivity index (χ3v) is 3.53. The van der Waals surface area contributed by atoms with E-state index in [1.807, 2.05) is 0 Å². The minimum absolute atomic E-state index is 0.147. The second-order valence-corrected chi connectivity index (χ2v) is 5.51. The lowest BCUT2D eigenvalue weighted by Crippen LogP contribution is -2.39. The third-order valence-electron chi connectivity index (χ3n) is 3.53. The first-order chi connectivity index (χ1) is 9.64. The molecule has 0 amide bonds. The molecule has 0 aromatic heterocycles. The van der Waals surface area contributed by atoms with Crippen molar-refractivity contribution < 1.29 is 24.9 Å². The van der Waals surface area contributed by atoms with Crippen LogP contribution in [0.3, 0.4) is 0 Å². The highest BCUT2D eigenvalue weighted by molar-refractivity contribution is 5.69. The van der Waals surface area contributed by atoms with Gasteiger partial charge in [-0.3, -0.25) is 4.79 Å².